The van der Waals surface area contributed by atoms with E-state index >= 15 is 0 Å². The highest BCUT2D eigenvalue weighted by Crippen LogP contribution is 2.26. The van der Waals surface area contributed by atoms with E-state index in [0.29, 0.717) is 28.5 Å². The Labute approximate surface area is 138 Å². The summed E-state index contributed by atoms with van der Waals surface area (Å²) in [6, 6.07) is 5.34. The monoisotopic (exact) mass is 340 g/mol. The highest BCUT2D eigenvalue weighted by Gasteiger charge is 2.16. The van der Waals surface area contributed by atoms with Gasteiger partial charge in [-0.15, -0.1) is 0 Å². The summed E-state index contributed by atoms with van der Waals surface area (Å²) in [7, 11) is 1.54. The van der Waals surface area contributed by atoms with Crippen LogP contribution in [0.25, 0.3) is 0 Å². The molecule has 0 radical (unpaired) electrons. The summed E-state index contributed by atoms with van der Waals surface area (Å²) >= 11 is 11.8. The SMILES string of the molecule is CCOC(=O)c1cnc(Cl)nc1Cc1ccc(Cl)c(OC)c1. The van der Waals surface area contributed by atoms with Crippen molar-refractivity contribution in [3.05, 3.63) is 51.5 Å². The molecule has 0 unspecified atom stereocenters. The van der Waals surface area contributed by atoms with Crippen LogP contribution in [0, 0.1) is 0 Å². The zero-order valence-corrected chi connectivity index (χ0v) is 13.6. The van der Waals surface area contributed by atoms with Gasteiger partial charge in [0.05, 0.1) is 30.0 Å². The first-order valence-corrected chi connectivity index (χ1v) is 7.31. The lowest BCUT2D eigenvalue weighted by Gasteiger charge is -2.09. The molecule has 1 aromatic carbocycles. The Bertz CT molecular complexity index is 692. The zero-order chi connectivity index (χ0) is 16.1. The molecule has 0 aliphatic rings. The molecular weight excluding hydrogens is 327 g/mol. The van der Waals surface area contributed by atoms with Crippen LogP contribution < -0.4 is 4.74 Å². The maximum Gasteiger partial charge on any atom is 0.341 e. The van der Waals surface area contributed by atoms with Gasteiger partial charge >= 0.3 is 5.97 Å². The smallest absolute Gasteiger partial charge is 0.341 e. The van der Waals surface area contributed by atoms with Gasteiger partial charge in [0.25, 0.3) is 0 Å². The van der Waals surface area contributed by atoms with E-state index < -0.39 is 5.97 Å². The van der Waals surface area contributed by atoms with Crippen LogP contribution >= 0.6 is 23.2 Å². The van der Waals surface area contributed by atoms with E-state index in [-0.39, 0.29) is 11.9 Å². The number of nitrogens with zero attached hydrogens (tertiary/aromatic N) is 2. The molecule has 0 amide bonds. The minimum absolute atomic E-state index is 0.0731. The van der Waals surface area contributed by atoms with Gasteiger partial charge in [-0.3, -0.25) is 0 Å². The standard InChI is InChI=1S/C15H14Cl2N2O3/c1-3-22-14(20)10-8-18-15(17)19-12(10)6-9-4-5-11(16)13(7-9)21-2/h4-5,7-8H,3,6H2,1-2H3. The minimum Gasteiger partial charge on any atom is -0.495 e. The third-order valence-electron chi connectivity index (χ3n) is 2.92. The molecule has 0 saturated carbocycles. The van der Waals surface area contributed by atoms with Gasteiger partial charge < -0.3 is 9.47 Å². The van der Waals surface area contributed by atoms with Gasteiger partial charge in [0.15, 0.2) is 0 Å². The van der Waals surface area contributed by atoms with Crippen molar-refractivity contribution in [2.24, 2.45) is 0 Å². The Hall–Kier alpha value is -1.85. The van der Waals surface area contributed by atoms with E-state index in [1.54, 1.807) is 19.1 Å². The first-order valence-electron chi connectivity index (χ1n) is 6.56. The maximum atomic E-state index is 12.0. The predicted octanol–water partition coefficient (Wildman–Crippen LogP) is 3.56. The first kappa shape index (κ1) is 16.5. The molecule has 7 heteroatoms. The second-order valence-corrected chi connectivity index (χ2v) is 5.11. The van der Waals surface area contributed by atoms with Gasteiger partial charge in [0.2, 0.25) is 5.28 Å². The fraction of sp³-hybridized carbons (Fsp3) is 0.267. The molecule has 1 aromatic heterocycles. The van der Waals surface area contributed by atoms with Gasteiger partial charge in [0.1, 0.15) is 5.75 Å². The number of carbonyl (C=O) groups excluding carboxylic acids is 1. The summed E-state index contributed by atoms with van der Waals surface area (Å²) in [6.45, 7) is 2.01. The fourth-order valence-electron chi connectivity index (χ4n) is 1.91. The van der Waals surface area contributed by atoms with E-state index in [9.17, 15) is 4.79 Å². The number of halogens is 2. The van der Waals surface area contributed by atoms with E-state index in [1.165, 1.54) is 13.3 Å². The van der Waals surface area contributed by atoms with Crippen molar-refractivity contribution in [3.63, 3.8) is 0 Å². The van der Waals surface area contributed by atoms with Crippen LogP contribution in [0.2, 0.25) is 10.3 Å². The van der Waals surface area contributed by atoms with Crippen molar-refractivity contribution < 1.29 is 14.3 Å². The van der Waals surface area contributed by atoms with Crippen LogP contribution in [0.3, 0.4) is 0 Å². The molecule has 5 nitrogen and oxygen atoms in total. The van der Waals surface area contributed by atoms with Gasteiger partial charge in [-0.2, -0.15) is 0 Å². The molecule has 0 fully saturated rings. The number of ether oxygens (including phenoxy) is 2. The van der Waals surface area contributed by atoms with Crippen LogP contribution in [0.15, 0.2) is 24.4 Å². The van der Waals surface area contributed by atoms with E-state index in [2.05, 4.69) is 9.97 Å². The van der Waals surface area contributed by atoms with Crippen LogP contribution in [0.4, 0.5) is 0 Å². The summed E-state index contributed by atoms with van der Waals surface area (Å²) in [4.78, 5) is 19.9. The Balaban J connectivity index is 2.36. The lowest BCUT2D eigenvalue weighted by molar-refractivity contribution is 0.0524. The molecule has 0 bridgehead atoms. The molecule has 0 saturated heterocycles. The van der Waals surface area contributed by atoms with Gasteiger partial charge in [0, 0.05) is 12.6 Å². The first-order chi connectivity index (χ1) is 10.5. The average molecular weight is 341 g/mol. The predicted molar refractivity (Wildman–Crippen MR) is 83.8 cm³/mol. The third-order valence-corrected chi connectivity index (χ3v) is 3.42. The van der Waals surface area contributed by atoms with Crippen molar-refractivity contribution in [3.8, 4) is 5.75 Å². The molecule has 2 aromatic rings. The largest absolute Gasteiger partial charge is 0.495 e. The van der Waals surface area contributed by atoms with E-state index in [4.69, 9.17) is 32.7 Å². The van der Waals surface area contributed by atoms with Crippen molar-refractivity contribution in [2.75, 3.05) is 13.7 Å². The Morgan fingerprint density at radius 2 is 2.09 bits per heavy atom. The van der Waals surface area contributed by atoms with Crippen molar-refractivity contribution in [2.45, 2.75) is 13.3 Å². The number of hydrogen-bond donors (Lipinski definition) is 0. The molecule has 0 spiro atoms. The van der Waals surface area contributed by atoms with Crippen LogP contribution in [0.5, 0.6) is 5.75 Å². The highest BCUT2D eigenvalue weighted by molar-refractivity contribution is 6.32. The summed E-state index contributed by atoms with van der Waals surface area (Å²) in [5.74, 6) is 0.0760. The van der Waals surface area contributed by atoms with Crippen molar-refractivity contribution >= 4 is 29.2 Å². The van der Waals surface area contributed by atoms with Gasteiger partial charge in [-0.05, 0) is 36.2 Å². The quantitative estimate of drug-likeness (QED) is 0.615. The molecule has 0 aliphatic carbocycles. The molecule has 0 aliphatic heterocycles. The van der Waals surface area contributed by atoms with E-state index in [1.807, 2.05) is 6.07 Å². The maximum absolute atomic E-state index is 12.0. The second kappa shape index (κ2) is 7.42. The summed E-state index contributed by atoms with van der Waals surface area (Å²) in [6.07, 6.45) is 1.75. The van der Waals surface area contributed by atoms with Gasteiger partial charge in [-0.1, -0.05) is 17.7 Å². The summed E-state index contributed by atoms with van der Waals surface area (Å²) < 4.78 is 10.2. The average Bonchev–Trinajstić information content (AvgIpc) is 2.49. The molecule has 2 rings (SSSR count). The van der Waals surface area contributed by atoms with Crippen LogP contribution in [0.1, 0.15) is 28.5 Å². The normalized spacial score (nSPS) is 10.4. The molecular formula is C15H14Cl2N2O3. The highest BCUT2D eigenvalue weighted by atomic mass is 35.5. The number of hydrogen-bond acceptors (Lipinski definition) is 5. The zero-order valence-electron chi connectivity index (χ0n) is 12.1. The number of aromatic nitrogens is 2. The topological polar surface area (TPSA) is 61.3 Å². The number of benzene rings is 1. The lowest BCUT2D eigenvalue weighted by atomic mass is 10.1. The number of rotatable bonds is 5. The lowest BCUT2D eigenvalue weighted by Crippen LogP contribution is -2.11. The minimum atomic E-state index is -0.477. The third kappa shape index (κ3) is 3.87. The molecule has 22 heavy (non-hydrogen) atoms. The van der Waals surface area contributed by atoms with Crippen LogP contribution in [-0.4, -0.2) is 29.7 Å². The van der Waals surface area contributed by atoms with E-state index in [0.717, 1.165) is 5.56 Å². The summed E-state index contributed by atoms with van der Waals surface area (Å²) in [5.41, 5.74) is 1.66. The molecule has 0 N–H and O–H groups in total. The van der Waals surface area contributed by atoms with Crippen molar-refractivity contribution in [1.82, 2.24) is 9.97 Å². The Morgan fingerprint density at radius 3 is 2.77 bits per heavy atom. The number of esters is 1. The molecule has 1 heterocycles. The second-order valence-electron chi connectivity index (χ2n) is 4.37. The Kier molecular flexibility index (Phi) is 5.57. The van der Waals surface area contributed by atoms with Crippen LogP contribution in [-0.2, 0) is 11.2 Å². The number of carbonyl (C=O) groups is 1. The van der Waals surface area contributed by atoms with Gasteiger partial charge in [-0.25, -0.2) is 14.8 Å². The fourth-order valence-corrected chi connectivity index (χ4v) is 2.26. The molecule has 116 valence electrons. The molecule has 0 atom stereocenters. The van der Waals surface area contributed by atoms with Crippen molar-refractivity contribution in [1.29, 1.82) is 0 Å². The number of methoxy groups -OCH3 is 1. The summed E-state index contributed by atoms with van der Waals surface area (Å²) in [5, 5.41) is 0.585. The Morgan fingerprint density at radius 1 is 1.32 bits per heavy atom.